The summed E-state index contributed by atoms with van der Waals surface area (Å²) in [7, 11) is 1.32. The Morgan fingerprint density at radius 1 is 1.12 bits per heavy atom. The van der Waals surface area contributed by atoms with Gasteiger partial charge in [0.1, 0.15) is 0 Å². The monoisotopic (exact) mass is 443 g/mol. The maximum absolute atomic E-state index is 13.2. The largest absolute Gasteiger partial charge is 0.469 e. The van der Waals surface area contributed by atoms with Crippen molar-refractivity contribution in [2.45, 2.75) is 44.6 Å². The van der Waals surface area contributed by atoms with Gasteiger partial charge in [-0.1, -0.05) is 6.07 Å². The fraction of sp³-hybridized carbons (Fsp3) is 0.565. The smallest absolute Gasteiger partial charge is 0.311 e. The Labute approximate surface area is 187 Å². The molecule has 3 aliphatic heterocycles. The highest BCUT2D eigenvalue weighted by molar-refractivity contribution is 5.99. The summed E-state index contributed by atoms with van der Waals surface area (Å²) < 4.78 is 4.96. The molecule has 1 aromatic carbocycles. The van der Waals surface area contributed by atoms with Crippen LogP contribution in [0, 0.1) is 5.92 Å². The van der Waals surface area contributed by atoms with Crippen LogP contribution in [0.3, 0.4) is 0 Å². The molecule has 0 bridgehead atoms. The summed E-state index contributed by atoms with van der Waals surface area (Å²) >= 11 is 0. The second kappa shape index (κ2) is 8.90. The Hall–Kier alpha value is -2.94. The standard InChI is InChI=1S/C23H29N3O6/c1-3-32-26-20(28)15-18(22(30)31-2)23(26)9-12-24(13-10-23)21(29)16-6-4-7-17(14-16)25-11-5-8-19(25)27/h4,6-7,14,18H,3,5,8-13,15H2,1-2H3. The molecule has 3 heterocycles. The first-order valence-corrected chi connectivity index (χ1v) is 11.1. The number of benzene rings is 1. The molecule has 1 aromatic rings. The molecule has 0 N–H and O–H groups in total. The number of esters is 1. The van der Waals surface area contributed by atoms with Gasteiger partial charge in [0, 0.05) is 43.7 Å². The SMILES string of the molecule is CCON1C(=O)CC(C(=O)OC)C12CCN(C(=O)c1cccc(N3CCCC3=O)c1)CC2. The van der Waals surface area contributed by atoms with Crippen LogP contribution in [0.1, 0.15) is 49.4 Å². The summed E-state index contributed by atoms with van der Waals surface area (Å²) in [4.78, 5) is 59.4. The van der Waals surface area contributed by atoms with E-state index in [1.807, 2.05) is 6.07 Å². The molecule has 1 spiro atoms. The van der Waals surface area contributed by atoms with E-state index in [1.54, 1.807) is 34.9 Å². The third-order valence-electron chi connectivity index (χ3n) is 6.80. The molecule has 3 saturated heterocycles. The zero-order valence-electron chi connectivity index (χ0n) is 18.5. The Bertz CT molecular complexity index is 924. The highest BCUT2D eigenvalue weighted by Crippen LogP contribution is 2.44. The minimum atomic E-state index is -0.805. The molecule has 172 valence electrons. The number of hydroxylamine groups is 2. The van der Waals surface area contributed by atoms with Crippen molar-refractivity contribution in [3.05, 3.63) is 29.8 Å². The maximum Gasteiger partial charge on any atom is 0.311 e. The van der Waals surface area contributed by atoms with Crippen LogP contribution in [0.2, 0.25) is 0 Å². The molecule has 0 saturated carbocycles. The van der Waals surface area contributed by atoms with E-state index in [-0.39, 0.29) is 24.1 Å². The van der Waals surface area contributed by atoms with Crippen LogP contribution in [0.5, 0.6) is 0 Å². The van der Waals surface area contributed by atoms with Gasteiger partial charge in [-0.3, -0.25) is 24.0 Å². The summed E-state index contributed by atoms with van der Waals surface area (Å²) in [5, 5.41) is 1.36. The van der Waals surface area contributed by atoms with Crippen molar-refractivity contribution in [1.29, 1.82) is 0 Å². The van der Waals surface area contributed by atoms with Crippen molar-refractivity contribution in [2.75, 3.05) is 38.3 Å². The first-order chi connectivity index (χ1) is 15.4. The fourth-order valence-electron chi connectivity index (χ4n) is 5.17. The van der Waals surface area contributed by atoms with E-state index >= 15 is 0 Å². The van der Waals surface area contributed by atoms with Crippen LogP contribution >= 0.6 is 0 Å². The van der Waals surface area contributed by atoms with Gasteiger partial charge in [-0.05, 0) is 44.4 Å². The number of hydrogen-bond acceptors (Lipinski definition) is 6. The van der Waals surface area contributed by atoms with E-state index in [0.29, 0.717) is 51.1 Å². The van der Waals surface area contributed by atoms with Crippen LogP contribution in [0.25, 0.3) is 0 Å². The molecule has 1 atom stereocenters. The molecule has 3 amide bonds. The molecule has 9 nitrogen and oxygen atoms in total. The number of amides is 3. The summed E-state index contributed by atoms with van der Waals surface area (Å²) in [6, 6.07) is 7.15. The normalized spacial score (nSPS) is 22.7. The minimum absolute atomic E-state index is 0.0481. The summed E-state index contributed by atoms with van der Waals surface area (Å²) in [6.07, 6.45) is 2.25. The van der Waals surface area contributed by atoms with Gasteiger partial charge >= 0.3 is 5.97 Å². The molecule has 1 unspecified atom stereocenters. The van der Waals surface area contributed by atoms with Crippen molar-refractivity contribution in [3.8, 4) is 0 Å². The predicted octanol–water partition coefficient (Wildman–Crippen LogP) is 1.76. The van der Waals surface area contributed by atoms with E-state index in [4.69, 9.17) is 9.57 Å². The molecule has 4 rings (SSSR count). The van der Waals surface area contributed by atoms with E-state index in [2.05, 4.69) is 0 Å². The van der Waals surface area contributed by atoms with Crippen molar-refractivity contribution in [3.63, 3.8) is 0 Å². The van der Waals surface area contributed by atoms with Gasteiger partial charge in [0.15, 0.2) is 0 Å². The van der Waals surface area contributed by atoms with Gasteiger partial charge in [-0.15, -0.1) is 0 Å². The summed E-state index contributed by atoms with van der Waals surface area (Å²) in [5.74, 6) is -1.33. The first kappa shape index (κ1) is 22.3. The van der Waals surface area contributed by atoms with Crippen LogP contribution < -0.4 is 4.90 Å². The summed E-state index contributed by atoms with van der Waals surface area (Å²) in [5.41, 5.74) is 0.453. The summed E-state index contributed by atoms with van der Waals surface area (Å²) in [6.45, 7) is 3.54. The van der Waals surface area contributed by atoms with Gasteiger partial charge in [0.2, 0.25) is 11.8 Å². The lowest BCUT2D eigenvalue weighted by Crippen LogP contribution is -2.58. The molecule has 3 aliphatic rings. The van der Waals surface area contributed by atoms with E-state index in [0.717, 1.165) is 12.1 Å². The Morgan fingerprint density at radius 2 is 1.88 bits per heavy atom. The number of carbonyl (C=O) groups is 4. The lowest BCUT2D eigenvalue weighted by molar-refractivity contribution is -0.220. The van der Waals surface area contributed by atoms with E-state index < -0.39 is 17.4 Å². The number of ether oxygens (including phenoxy) is 1. The van der Waals surface area contributed by atoms with Crippen molar-refractivity contribution >= 4 is 29.4 Å². The van der Waals surface area contributed by atoms with Gasteiger partial charge in [-0.2, -0.15) is 0 Å². The van der Waals surface area contributed by atoms with Crippen molar-refractivity contribution < 1.29 is 28.8 Å². The average molecular weight is 444 g/mol. The zero-order valence-corrected chi connectivity index (χ0v) is 18.5. The molecule has 3 fully saturated rings. The Kier molecular flexibility index (Phi) is 6.19. The highest BCUT2D eigenvalue weighted by Gasteiger charge is 2.58. The first-order valence-electron chi connectivity index (χ1n) is 11.1. The Morgan fingerprint density at radius 3 is 2.50 bits per heavy atom. The molecule has 0 aromatic heterocycles. The predicted molar refractivity (Wildman–Crippen MR) is 114 cm³/mol. The molecule has 0 aliphatic carbocycles. The molecule has 32 heavy (non-hydrogen) atoms. The third kappa shape index (κ3) is 3.74. The van der Waals surface area contributed by atoms with Gasteiger partial charge in [0.25, 0.3) is 5.91 Å². The minimum Gasteiger partial charge on any atom is -0.469 e. The topological polar surface area (TPSA) is 96.5 Å². The van der Waals surface area contributed by atoms with E-state index in [9.17, 15) is 19.2 Å². The number of piperidine rings is 1. The van der Waals surface area contributed by atoms with Gasteiger partial charge in [0.05, 0.1) is 25.2 Å². The number of carbonyl (C=O) groups excluding carboxylic acids is 4. The second-order valence-corrected chi connectivity index (χ2v) is 8.48. The van der Waals surface area contributed by atoms with Crippen molar-refractivity contribution in [2.24, 2.45) is 5.92 Å². The molecular weight excluding hydrogens is 414 g/mol. The van der Waals surface area contributed by atoms with Crippen LogP contribution in [0.4, 0.5) is 5.69 Å². The zero-order chi connectivity index (χ0) is 22.9. The number of rotatable bonds is 5. The quantitative estimate of drug-likeness (QED) is 0.644. The third-order valence-corrected chi connectivity index (χ3v) is 6.80. The van der Waals surface area contributed by atoms with Crippen LogP contribution in [-0.2, 0) is 24.0 Å². The molecular formula is C23H29N3O6. The van der Waals surface area contributed by atoms with Gasteiger partial charge in [-0.25, -0.2) is 5.06 Å². The molecule has 0 radical (unpaired) electrons. The van der Waals surface area contributed by atoms with Crippen molar-refractivity contribution in [1.82, 2.24) is 9.96 Å². The number of likely N-dealkylation sites (tertiary alicyclic amines) is 1. The lowest BCUT2D eigenvalue weighted by Gasteiger charge is -2.45. The lowest BCUT2D eigenvalue weighted by atomic mass is 9.77. The van der Waals surface area contributed by atoms with Crippen LogP contribution in [0.15, 0.2) is 24.3 Å². The fourth-order valence-corrected chi connectivity index (χ4v) is 5.17. The molecule has 9 heteroatoms. The van der Waals surface area contributed by atoms with E-state index in [1.165, 1.54) is 12.2 Å². The number of nitrogens with zero attached hydrogens (tertiary/aromatic N) is 3. The van der Waals surface area contributed by atoms with Crippen LogP contribution in [-0.4, -0.2) is 72.5 Å². The number of methoxy groups -OCH3 is 1. The average Bonchev–Trinajstić information content (AvgIpc) is 3.36. The highest BCUT2D eigenvalue weighted by atomic mass is 16.7. The second-order valence-electron chi connectivity index (χ2n) is 8.48. The number of anilines is 1. The van der Waals surface area contributed by atoms with Gasteiger partial charge < -0.3 is 14.5 Å². The Balaban J connectivity index is 1.51. The maximum atomic E-state index is 13.2. The number of hydrogen-bond donors (Lipinski definition) is 0.